The SMILES string of the molecule is COc1ccccc1NC(=O)NC1CCCCC1NC(=O)c1csc(COc2ccc(C(C)C)cc2)n1. The number of anilines is 1. The van der Waals surface area contributed by atoms with Gasteiger partial charge in [0.1, 0.15) is 28.8 Å². The molecule has 1 heterocycles. The van der Waals surface area contributed by atoms with Crippen LogP contribution in [0.15, 0.2) is 53.9 Å². The maximum Gasteiger partial charge on any atom is 0.319 e. The quantitative estimate of drug-likeness (QED) is 0.334. The predicted octanol–water partition coefficient (Wildman–Crippen LogP) is 5.72. The molecule has 3 aromatic rings. The van der Waals surface area contributed by atoms with Gasteiger partial charge in [0.05, 0.1) is 18.8 Å². The van der Waals surface area contributed by atoms with Crippen LogP contribution in [0, 0.1) is 0 Å². The van der Waals surface area contributed by atoms with Crippen LogP contribution in [0.4, 0.5) is 10.5 Å². The Kier molecular flexibility index (Phi) is 9.00. The number of ether oxygens (including phenoxy) is 2. The Labute approximate surface area is 221 Å². The summed E-state index contributed by atoms with van der Waals surface area (Å²) in [6, 6.07) is 14.6. The first-order valence-electron chi connectivity index (χ1n) is 12.6. The molecule has 0 radical (unpaired) electrons. The summed E-state index contributed by atoms with van der Waals surface area (Å²) in [4.78, 5) is 30.1. The minimum Gasteiger partial charge on any atom is -0.495 e. The summed E-state index contributed by atoms with van der Waals surface area (Å²) in [6.07, 6.45) is 3.55. The Hall–Kier alpha value is -3.59. The van der Waals surface area contributed by atoms with E-state index in [-0.39, 0.29) is 24.0 Å². The van der Waals surface area contributed by atoms with Crippen LogP contribution < -0.4 is 25.4 Å². The highest BCUT2D eigenvalue weighted by atomic mass is 32.1. The minimum atomic E-state index is -0.329. The van der Waals surface area contributed by atoms with Crippen molar-refractivity contribution in [2.45, 2.75) is 64.1 Å². The second-order valence-corrected chi connectivity index (χ2v) is 10.4. The van der Waals surface area contributed by atoms with E-state index in [0.29, 0.717) is 29.7 Å². The summed E-state index contributed by atoms with van der Waals surface area (Å²) < 4.78 is 11.2. The summed E-state index contributed by atoms with van der Waals surface area (Å²) in [5.74, 6) is 1.58. The van der Waals surface area contributed by atoms with Gasteiger partial charge in [0.15, 0.2) is 0 Å². The summed E-state index contributed by atoms with van der Waals surface area (Å²) in [6.45, 7) is 4.61. The van der Waals surface area contributed by atoms with E-state index in [1.807, 2.05) is 24.3 Å². The third-order valence-corrected chi connectivity index (χ3v) is 7.27. The van der Waals surface area contributed by atoms with E-state index in [4.69, 9.17) is 9.47 Å². The average Bonchev–Trinajstić information content (AvgIpc) is 3.38. The van der Waals surface area contributed by atoms with E-state index in [1.165, 1.54) is 16.9 Å². The number of amides is 3. The molecule has 2 atom stereocenters. The van der Waals surface area contributed by atoms with Crippen LogP contribution >= 0.6 is 11.3 Å². The molecule has 2 aromatic carbocycles. The minimum absolute atomic E-state index is 0.175. The van der Waals surface area contributed by atoms with E-state index >= 15 is 0 Å². The maximum absolute atomic E-state index is 13.0. The van der Waals surface area contributed by atoms with Crippen molar-refractivity contribution in [2.24, 2.45) is 0 Å². The molecule has 0 spiro atoms. The Morgan fingerprint density at radius 3 is 2.43 bits per heavy atom. The van der Waals surface area contributed by atoms with Crippen LogP contribution in [0.2, 0.25) is 0 Å². The van der Waals surface area contributed by atoms with E-state index in [9.17, 15) is 9.59 Å². The number of urea groups is 1. The summed E-state index contributed by atoms with van der Waals surface area (Å²) in [7, 11) is 1.56. The summed E-state index contributed by atoms with van der Waals surface area (Å²) in [5, 5.41) is 11.4. The van der Waals surface area contributed by atoms with E-state index in [1.54, 1.807) is 24.6 Å². The number of benzene rings is 2. The van der Waals surface area contributed by atoms with Crippen molar-refractivity contribution in [3.8, 4) is 11.5 Å². The van der Waals surface area contributed by atoms with Crippen molar-refractivity contribution >= 4 is 29.0 Å². The first-order chi connectivity index (χ1) is 17.9. The molecule has 8 nitrogen and oxygen atoms in total. The van der Waals surface area contributed by atoms with Gasteiger partial charge < -0.3 is 25.4 Å². The Morgan fingerprint density at radius 2 is 1.73 bits per heavy atom. The fourth-order valence-electron chi connectivity index (χ4n) is 4.37. The molecule has 1 aliphatic carbocycles. The van der Waals surface area contributed by atoms with Gasteiger partial charge in [-0.1, -0.05) is 51.0 Å². The third-order valence-electron chi connectivity index (χ3n) is 6.45. The molecule has 3 N–H and O–H groups in total. The Morgan fingerprint density at radius 1 is 1.03 bits per heavy atom. The molecule has 1 aliphatic rings. The first-order valence-corrected chi connectivity index (χ1v) is 13.5. The zero-order chi connectivity index (χ0) is 26.2. The normalized spacial score (nSPS) is 17.2. The molecule has 1 aromatic heterocycles. The van der Waals surface area contributed by atoms with Crippen molar-refractivity contribution in [1.82, 2.24) is 15.6 Å². The average molecular weight is 523 g/mol. The lowest BCUT2D eigenvalue weighted by molar-refractivity contribution is 0.0911. The molecule has 0 aliphatic heterocycles. The number of hydrogen-bond donors (Lipinski definition) is 3. The number of nitrogens with one attached hydrogen (secondary N) is 3. The Balaban J connectivity index is 1.30. The number of methoxy groups -OCH3 is 1. The Bertz CT molecular complexity index is 1190. The van der Waals surface area contributed by atoms with Gasteiger partial charge in [-0.2, -0.15) is 0 Å². The predicted molar refractivity (Wildman–Crippen MR) is 146 cm³/mol. The molecule has 0 saturated heterocycles. The second kappa shape index (κ2) is 12.6. The molecular weight excluding hydrogens is 488 g/mol. The van der Waals surface area contributed by atoms with Gasteiger partial charge in [-0.3, -0.25) is 4.79 Å². The maximum atomic E-state index is 13.0. The van der Waals surface area contributed by atoms with Gasteiger partial charge in [-0.05, 0) is 48.6 Å². The molecular formula is C28H34N4O4S. The number of carbonyl (C=O) groups excluding carboxylic acids is 2. The van der Waals surface area contributed by atoms with Gasteiger partial charge in [-0.25, -0.2) is 9.78 Å². The van der Waals surface area contributed by atoms with Crippen molar-refractivity contribution in [1.29, 1.82) is 0 Å². The number of rotatable bonds is 9. The molecule has 3 amide bonds. The number of nitrogens with zero attached hydrogens (tertiary/aromatic N) is 1. The van der Waals surface area contributed by atoms with E-state index < -0.39 is 0 Å². The highest BCUT2D eigenvalue weighted by Crippen LogP contribution is 2.24. The fraction of sp³-hybridized carbons (Fsp3) is 0.393. The zero-order valence-corrected chi connectivity index (χ0v) is 22.3. The van der Waals surface area contributed by atoms with Gasteiger partial charge in [0.25, 0.3) is 5.91 Å². The van der Waals surface area contributed by atoms with Crippen molar-refractivity contribution < 1.29 is 19.1 Å². The second-order valence-electron chi connectivity index (χ2n) is 9.41. The van der Waals surface area contributed by atoms with E-state index in [0.717, 1.165) is 36.4 Å². The van der Waals surface area contributed by atoms with Crippen LogP contribution in [-0.4, -0.2) is 36.1 Å². The number of hydrogen-bond acceptors (Lipinski definition) is 6. The lowest BCUT2D eigenvalue weighted by Gasteiger charge is -2.32. The van der Waals surface area contributed by atoms with Gasteiger partial charge in [0, 0.05) is 11.4 Å². The van der Waals surface area contributed by atoms with Crippen molar-refractivity contribution in [3.05, 3.63) is 70.2 Å². The van der Waals surface area contributed by atoms with Crippen LogP contribution in [-0.2, 0) is 6.61 Å². The third kappa shape index (κ3) is 7.22. The molecule has 1 fully saturated rings. The summed E-state index contributed by atoms with van der Waals surface area (Å²) >= 11 is 1.39. The van der Waals surface area contributed by atoms with E-state index in [2.05, 4.69) is 46.9 Å². The molecule has 2 unspecified atom stereocenters. The van der Waals surface area contributed by atoms with Crippen molar-refractivity contribution in [3.63, 3.8) is 0 Å². The molecule has 4 rings (SSSR count). The highest BCUT2D eigenvalue weighted by Gasteiger charge is 2.29. The lowest BCUT2D eigenvalue weighted by atomic mass is 9.90. The topological polar surface area (TPSA) is 102 Å². The van der Waals surface area contributed by atoms with Crippen LogP contribution in [0.25, 0.3) is 0 Å². The molecule has 196 valence electrons. The number of para-hydroxylation sites is 2. The highest BCUT2D eigenvalue weighted by molar-refractivity contribution is 7.09. The smallest absolute Gasteiger partial charge is 0.319 e. The van der Waals surface area contributed by atoms with Gasteiger partial charge >= 0.3 is 6.03 Å². The van der Waals surface area contributed by atoms with Gasteiger partial charge in [-0.15, -0.1) is 11.3 Å². The fourth-order valence-corrected chi connectivity index (χ4v) is 5.05. The lowest BCUT2D eigenvalue weighted by Crippen LogP contribution is -2.54. The molecule has 1 saturated carbocycles. The molecule has 9 heteroatoms. The van der Waals surface area contributed by atoms with Crippen LogP contribution in [0.3, 0.4) is 0 Å². The standard InChI is InChI=1S/C28H34N4O4S/c1-18(2)19-12-14-20(15-13-19)36-16-26-29-24(17-37-26)27(33)30-21-8-4-5-9-22(21)31-28(34)32-23-10-6-7-11-25(23)35-3/h6-7,10-15,17-18,21-22H,4-5,8-9,16H2,1-3H3,(H,30,33)(H2,31,32,34). The number of carbonyl (C=O) groups is 2. The molecule has 0 bridgehead atoms. The van der Waals surface area contributed by atoms with Crippen LogP contribution in [0.1, 0.15) is 66.5 Å². The summed E-state index contributed by atoms with van der Waals surface area (Å²) in [5.41, 5.74) is 2.21. The number of thiazole rings is 1. The van der Waals surface area contributed by atoms with Gasteiger partial charge in [0.2, 0.25) is 0 Å². The number of aromatic nitrogens is 1. The largest absolute Gasteiger partial charge is 0.495 e. The zero-order valence-electron chi connectivity index (χ0n) is 21.5. The van der Waals surface area contributed by atoms with Crippen molar-refractivity contribution in [2.75, 3.05) is 12.4 Å². The molecule has 37 heavy (non-hydrogen) atoms. The first kappa shape index (κ1) is 26.5. The monoisotopic (exact) mass is 522 g/mol. The van der Waals surface area contributed by atoms with Crippen LogP contribution in [0.5, 0.6) is 11.5 Å².